The lowest BCUT2D eigenvalue weighted by Gasteiger charge is -2.22. The average molecular weight is 372 g/mol. The van der Waals surface area contributed by atoms with Crippen LogP contribution in [0.2, 0.25) is 0 Å². The molecule has 1 amide bonds. The van der Waals surface area contributed by atoms with Crippen LogP contribution in [0.4, 0.5) is 5.13 Å². The quantitative estimate of drug-likeness (QED) is 0.684. The van der Waals surface area contributed by atoms with Crippen molar-refractivity contribution < 1.29 is 23.4 Å². The largest absolute Gasteiger partial charge is 0.497 e. The van der Waals surface area contributed by atoms with Gasteiger partial charge in [-0.1, -0.05) is 11.3 Å². The maximum absolute atomic E-state index is 13.0. The number of carbonyl (C=O) groups excluding carboxylic acids is 1. The molecule has 1 aliphatic rings. The van der Waals surface area contributed by atoms with Crippen molar-refractivity contribution in [1.82, 2.24) is 4.98 Å². The van der Waals surface area contributed by atoms with E-state index >= 15 is 0 Å². The number of fused-ring (bicyclic) bond motifs is 1. The molecule has 0 N–H and O–H groups in total. The summed E-state index contributed by atoms with van der Waals surface area (Å²) in [4.78, 5) is 19.1. The lowest BCUT2D eigenvalue weighted by molar-refractivity contribution is -0.120. The Morgan fingerprint density at radius 2 is 2.27 bits per heavy atom. The number of carbonyl (C=O) groups is 1. The zero-order valence-electron chi connectivity index (χ0n) is 14.0. The molecule has 0 saturated carbocycles. The fourth-order valence-electron chi connectivity index (χ4n) is 2.54. The molecule has 8 heteroatoms. The first kappa shape index (κ1) is 16.5. The van der Waals surface area contributed by atoms with Gasteiger partial charge in [-0.3, -0.25) is 9.69 Å². The monoisotopic (exact) mass is 372 g/mol. The second-order valence-electron chi connectivity index (χ2n) is 5.50. The van der Waals surface area contributed by atoms with Gasteiger partial charge in [-0.15, -0.1) is 0 Å². The predicted octanol–water partition coefficient (Wildman–Crippen LogP) is 3.32. The molecule has 0 fully saturated rings. The summed E-state index contributed by atoms with van der Waals surface area (Å²) in [6.45, 7) is 1.00. The number of aromatic nitrogens is 1. The van der Waals surface area contributed by atoms with E-state index in [0.29, 0.717) is 29.9 Å². The van der Waals surface area contributed by atoms with E-state index in [1.165, 1.54) is 22.5 Å². The third kappa shape index (κ3) is 3.23. The van der Waals surface area contributed by atoms with Crippen molar-refractivity contribution >= 4 is 32.6 Å². The Kier molecular flexibility index (Phi) is 4.49. The molecule has 2 aromatic heterocycles. The summed E-state index contributed by atoms with van der Waals surface area (Å²) in [6.07, 6.45) is 2.91. The van der Waals surface area contributed by atoms with Crippen LogP contribution in [0, 0.1) is 0 Å². The molecule has 3 heterocycles. The van der Waals surface area contributed by atoms with Crippen LogP contribution in [0.15, 0.2) is 53.0 Å². The van der Waals surface area contributed by atoms with Crippen molar-refractivity contribution in [2.75, 3.05) is 25.2 Å². The number of hydrogen-bond donors (Lipinski definition) is 0. The molecular weight excluding hydrogens is 356 g/mol. The highest BCUT2D eigenvalue weighted by Gasteiger charge is 2.27. The summed E-state index contributed by atoms with van der Waals surface area (Å²) in [6, 6.07) is 9.21. The van der Waals surface area contributed by atoms with Crippen LogP contribution in [0.5, 0.6) is 5.75 Å². The average Bonchev–Trinajstić information content (AvgIpc) is 3.34. The summed E-state index contributed by atoms with van der Waals surface area (Å²) in [7, 11) is 1.61. The lowest BCUT2D eigenvalue weighted by Crippen LogP contribution is -2.33. The van der Waals surface area contributed by atoms with Gasteiger partial charge in [0.05, 0.1) is 30.1 Å². The highest BCUT2D eigenvalue weighted by atomic mass is 32.1. The molecule has 0 saturated heterocycles. The second kappa shape index (κ2) is 7.09. The zero-order valence-corrected chi connectivity index (χ0v) is 14.8. The number of hydrogen-bond acceptors (Lipinski definition) is 7. The highest BCUT2D eigenvalue weighted by molar-refractivity contribution is 7.22. The molecule has 0 atom stereocenters. The van der Waals surface area contributed by atoms with Crippen molar-refractivity contribution in [2.24, 2.45) is 0 Å². The first-order valence-electron chi connectivity index (χ1n) is 7.98. The molecule has 0 radical (unpaired) electrons. The summed E-state index contributed by atoms with van der Waals surface area (Å²) in [5, 5.41) is 0.546. The van der Waals surface area contributed by atoms with Gasteiger partial charge in [0, 0.05) is 6.07 Å². The SMILES string of the molecule is COc1ccc2sc(N(Cc3ccco3)C(=O)C3=COCCO3)nc2c1. The molecule has 1 aromatic carbocycles. The van der Waals surface area contributed by atoms with E-state index in [-0.39, 0.29) is 18.2 Å². The number of rotatable bonds is 5. The van der Waals surface area contributed by atoms with Crippen LogP contribution in [0.1, 0.15) is 5.76 Å². The topological polar surface area (TPSA) is 74.0 Å². The second-order valence-corrected chi connectivity index (χ2v) is 6.51. The first-order chi connectivity index (χ1) is 12.7. The smallest absolute Gasteiger partial charge is 0.298 e. The van der Waals surface area contributed by atoms with Gasteiger partial charge in [0.15, 0.2) is 5.13 Å². The van der Waals surface area contributed by atoms with E-state index in [0.717, 1.165) is 10.2 Å². The summed E-state index contributed by atoms with van der Waals surface area (Å²) in [5.41, 5.74) is 0.761. The van der Waals surface area contributed by atoms with Crippen LogP contribution in [-0.2, 0) is 20.8 Å². The fraction of sp³-hybridized carbons (Fsp3) is 0.222. The van der Waals surface area contributed by atoms with Crippen LogP contribution < -0.4 is 9.64 Å². The Bertz CT molecular complexity index is 948. The van der Waals surface area contributed by atoms with Gasteiger partial charge < -0.3 is 18.6 Å². The lowest BCUT2D eigenvalue weighted by atomic mass is 10.3. The van der Waals surface area contributed by atoms with Crippen LogP contribution in [0.25, 0.3) is 10.2 Å². The molecule has 1 aliphatic heterocycles. The maximum Gasteiger partial charge on any atom is 0.298 e. The molecule has 0 spiro atoms. The minimum atomic E-state index is -0.327. The number of furan rings is 1. The van der Waals surface area contributed by atoms with Crippen molar-refractivity contribution in [3.05, 3.63) is 54.4 Å². The number of ether oxygens (including phenoxy) is 3. The van der Waals surface area contributed by atoms with Gasteiger partial charge in [-0.2, -0.15) is 0 Å². The predicted molar refractivity (Wildman–Crippen MR) is 96.1 cm³/mol. The minimum absolute atomic E-state index is 0.152. The number of methoxy groups -OCH3 is 1. The summed E-state index contributed by atoms with van der Waals surface area (Å²) in [5.74, 6) is 1.18. The maximum atomic E-state index is 13.0. The molecule has 0 aliphatic carbocycles. The van der Waals surface area contributed by atoms with Crippen LogP contribution in [0.3, 0.4) is 0 Å². The van der Waals surface area contributed by atoms with Crippen molar-refractivity contribution in [3.63, 3.8) is 0 Å². The summed E-state index contributed by atoms with van der Waals surface area (Å²) >= 11 is 1.41. The van der Waals surface area contributed by atoms with Gasteiger partial charge in [-0.05, 0) is 24.3 Å². The molecule has 26 heavy (non-hydrogen) atoms. The summed E-state index contributed by atoms with van der Waals surface area (Å²) < 4.78 is 22.3. The van der Waals surface area contributed by atoms with Crippen LogP contribution in [-0.4, -0.2) is 31.2 Å². The Balaban J connectivity index is 1.71. The fourth-order valence-corrected chi connectivity index (χ4v) is 3.48. The molecule has 0 bridgehead atoms. The molecule has 3 aromatic rings. The number of thiazole rings is 1. The minimum Gasteiger partial charge on any atom is -0.497 e. The Labute approximate surface area is 153 Å². The highest BCUT2D eigenvalue weighted by Crippen LogP contribution is 2.33. The van der Waals surface area contributed by atoms with E-state index < -0.39 is 0 Å². The third-order valence-corrected chi connectivity index (χ3v) is 4.87. The first-order valence-corrected chi connectivity index (χ1v) is 8.79. The van der Waals surface area contributed by atoms with Crippen molar-refractivity contribution in [1.29, 1.82) is 0 Å². The molecular formula is C18H16N2O5S. The van der Waals surface area contributed by atoms with Gasteiger partial charge in [0.25, 0.3) is 5.91 Å². The Morgan fingerprint density at radius 1 is 1.35 bits per heavy atom. The van der Waals surface area contributed by atoms with Gasteiger partial charge in [0.2, 0.25) is 5.76 Å². The standard InChI is InChI=1S/C18H16N2O5S/c1-22-12-4-5-16-14(9-12)19-18(26-16)20(10-13-3-2-6-24-13)17(21)15-11-23-7-8-25-15/h2-6,9,11H,7-8,10H2,1H3. The van der Waals surface area contributed by atoms with E-state index in [4.69, 9.17) is 18.6 Å². The van der Waals surface area contributed by atoms with Gasteiger partial charge in [-0.25, -0.2) is 4.98 Å². The van der Waals surface area contributed by atoms with E-state index in [2.05, 4.69) is 4.98 Å². The number of nitrogens with zero attached hydrogens (tertiary/aromatic N) is 2. The van der Waals surface area contributed by atoms with E-state index in [9.17, 15) is 4.79 Å². The molecule has 7 nitrogen and oxygen atoms in total. The normalized spacial score (nSPS) is 13.7. The van der Waals surface area contributed by atoms with Gasteiger partial charge >= 0.3 is 0 Å². The van der Waals surface area contributed by atoms with Crippen molar-refractivity contribution in [3.8, 4) is 5.75 Å². The van der Waals surface area contributed by atoms with Crippen molar-refractivity contribution in [2.45, 2.75) is 6.54 Å². The number of amides is 1. The molecule has 0 unspecified atom stereocenters. The number of benzene rings is 1. The van der Waals surface area contributed by atoms with Gasteiger partial charge in [0.1, 0.15) is 31.0 Å². The Morgan fingerprint density at radius 3 is 3.00 bits per heavy atom. The van der Waals surface area contributed by atoms with Crippen LogP contribution >= 0.6 is 11.3 Å². The van der Waals surface area contributed by atoms with E-state index in [1.54, 1.807) is 19.4 Å². The Hall–Kier alpha value is -3.00. The third-order valence-electron chi connectivity index (χ3n) is 3.81. The molecule has 134 valence electrons. The zero-order chi connectivity index (χ0) is 17.9. The van der Waals surface area contributed by atoms with E-state index in [1.807, 2.05) is 24.3 Å². The number of anilines is 1. The molecule has 4 rings (SSSR count).